The number of ether oxygens (including phenoxy) is 1. The van der Waals surface area contributed by atoms with Gasteiger partial charge in [0.1, 0.15) is 11.6 Å². The molecule has 2 aromatic rings. The van der Waals surface area contributed by atoms with E-state index < -0.39 is 0 Å². The minimum Gasteiger partial charge on any atom is -0.497 e. The van der Waals surface area contributed by atoms with Crippen LogP contribution >= 0.6 is 0 Å². The summed E-state index contributed by atoms with van der Waals surface area (Å²) < 4.78 is 7.33. The average molecular weight is 342 g/mol. The fourth-order valence-corrected chi connectivity index (χ4v) is 3.26. The Bertz CT molecular complexity index is 709. The summed E-state index contributed by atoms with van der Waals surface area (Å²) in [5.74, 6) is 2.78. The molecular formula is C19H26N4O2. The SMILES string of the molecule is COc1ccc(CCC(=O)NC(C)c2nnc3n2CCCCC3)cc1. The molecule has 25 heavy (non-hydrogen) atoms. The lowest BCUT2D eigenvalue weighted by Gasteiger charge is -2.15. The summed E-state index contributed by atoms with van der Waals surface area (Å²) in [5, 5.41) is 11.7. The number of benzene rings is 1. The molecule has 6 nitrogen and oxygen atoms in total. The van der Waals surface area contributed by atoms with Gasteiger partial charge in [-0.15, -0.1) is 10.2 Å². The quantitative estimate of drug-likeness (QED) is 0.876. The number of aromatic nitrogens is 3. The Morgan fingerprint density at radius 3 is 2.80 bits per heavy atom. The van der Waals surface area contributed by atoms with E-state index >= 15 is 0 Å². The second-order valence-corrected chi connectivity index (χ2v) is 6.57. The Balaban J connectivity index is 1.54. The van der Waals surface area contributed by atoms with Crippen molar-refractivity contribution >= 4 is 5.91 Å². The van der Waals surface area contributed by atoms with Crippen molar-refractivity contribution in [3.63, 3.8) is 0 Å². The molecule has 0 bridgehead atoms. The topological polar surface area (TPSA) is 69.0 Å². The summed E-state index contributed by atoms with van der Waals surface area (Å²) in [7, 11) is 1.65. The molecule has 6 heteroatoms. The minimum atomic E-state index is -0.122. The molecule has 0 fully saturated rings. The molecule has 1 unspecified atom stereocenters. The standard InChI is InChI=1S/C19H26N4O2/c1-14(19-22-21-17-6-4-3-5-13-23(17)19)20-18(24)12-9-15-7-10-16(25-2)11-8-15/h7-8,10-11,14H,3-6,9,12-13H2,1-2H3,(H,20,24). The fourth-order valence-electron chi connectivity index (χ4n) is 3.26. The van der Waals surface area contributed by atoms with E-state index in [0.29, 0.717) is 12.8 Å². The molecule has 0 radical (unpaired) electrons. The minimum absolute atomic E-state index is 0.0364. The van der Waals surface area contributed by atoms with Gasteiger partial charge in [0.25, 0.3) is 0 Å². The van der Waals surface area contributed by atoms with Gasteiger partial charge in [0.2, 0.25) is 5.91 Å². The van der Waals surface area contributed by atoms with Gasteiger partial charge in [0, 0.05) is 19.4 Å². The Hall–Kier alpha value is -2.37. The van der Waals surface area contributed by atoms with Crippen LogP contribution in [0.15, 0.2) is 24.3 Å². The molecule has 0 spiro atoms. The lowest BCUT2D eigenvalue weighted by Crippen LogP contribution is -2.29. The van der Waals surface area contributed by atoms with Gasteiger partial charge in [-0.2, -0.15) is 0 Å². The van der Waals surface area contributed by atoms with Crippen LogP contribution in [0.1, 0.15) is 55.9 Å². The van der Waals surface area contributed by atoms with Gasteiger partial charge in [-0.25, -0.2) is 0 Å². The van der Waals surface area contributed by atoms with Crippen molar-refractivity contribution in [3.05, 3.63) is 41.5 Å². The van der Waals surface area contributed by atoms with Gasteiger partial charge < -0.3 is 14.6 Å². The molecule has 1 aromatic heterocycles. The van der Waals surface area contributed by atoms with Crippen molar-refractivity contribution < 1.29 is 9.53 Å². The van der Waals surface area contributed by atoms with Crippen molar-refractivity contribution in [2.75, 3.05) is 7.11 Å². The first-order chi connectivity index (χ1) is 12.2. The Labute approximate surface area is 148 Å². The summed E-state index contributed by atoms with van der Waals surface area (Å²) in [5.41, 5.74) is 1.12. The van der Waals surface area contributed by atoms with E-state index in [1.54, 1.807) is 7.11 Å². The monoisotopic (exact) mass is 342 g/mol. The van der Waals surface area contributed by atoms with E-state index in [0.717, 1.165) is 42.3 Å². The summed E-state index contributed by atoms with van der Waals surface area (Å²) in [4.78, 5) is 12.3. The zero-order chi connectivity index (χ0) is 17.6. The zero-order valence-electron chi connectivity index (χ0n) is 15.0. The van der Waals surface area contributed by atoms with E-state index in [-0.39, 0.29) is 11.9 Å². The van der Waals surface area contributed by atoms with E-state index in [2.05, 4.69) is 20.1 Å². The first-order valence-electron chi connectivity index (χ1n) is 9.01. The number of nitrogens with one attached hydrogen (secondary N) is 1. The van der Waals surface area contributed by atoms with E-state index in [1.165, 1.54) is 12.8 Å². The number of aryl methyl sites for hydroxylation is 2. The highest BCUT2D eigenvalue weighted by atomic mass is 16.5. The fraction of sp³-hybridized carbons (Fsp3) is 0.526. The Morgan fingerprint density at radius 2 is 2.04 bits per heavy atom. The number of rotatable bonds is 6. The largest absolute Gasteiger partial charge is 0.497 e. The zero-order valence-corrected chi connectivity index (χ0v) is 15.0. The third-order valence-corrected chi connectivity index (χ3v) is 4.70. The van der Waals surface area contributed by atoms with Crippen LogP contribution in [0.2, 0.25) is 0 Å². The summed E-state index contributed by atoms with van der Waals surface area (Å²) in [6.45, 7) is 2.93. The molecule has 0 saturated carbocycles. The molecule has 2 heterocycles. The molecule has 1 aromatic carbocycles. The van der Waals surface area contributed by atoms with Crippen molar-refractivity contribution in [1.29, 1.82) is 0 Å². The lowest BCUT2D eigenvalue weighted by atomic mass is 10.1. The second kappa shape index (κ2) is 8.14. The van der Waals surface area contributed by atoms with Gasteiger partial charge in [0.15, 0.2) is 5.82 Å². The smallest absolute Gasteiger partial charge is 0.220 e. The van der Waals surface area contributed by atoms with Crippen LogP contribution in [0, 0.1) is 0 Å². The average Bonchev–Trinajstić information content (AvgIpc) is 2.89. The number of carbonyl (C=O) groups excluding carboxylic acids is 1. The highest BCUT2D eigenvalue weighted by molar-refractivity contribution is 5.76. The van der Waals surface area contributed by atoms with Crippen molar-refractivity contribution in [3.8, 4) is 5.75 Å². The third-order valence-electron chi connectivity index (χ3n) is 4.70. The number of methoxy groups -OCH3 is 1. The molecule has 134 valence electrons. The molecule has 1 atom stereocenters. The number of nitrogens with zero attached hydrogens (tertiary/aromatic N) is 3. The Kier molecular flexibility index (Phi) is 5.68. The maximum atomic E-state index is 12.3. The number of carbonyl (C=O) groups is 1. The number of fused-ring (bicyclic) bond motifs is 1. The molecule has 0 aliphatic carbocycles. The normalized spacial score (nSPS) is 15.1. The highest BCUT2D eigenvalue weighted by Crippen LogP contribution is 2.19. The van der Waals surface area contributed by atoms with Crippen molar-refractivity contribution in [2.24, 2.45) is 0 Å². The maximum Gasteiger partial charge on any atom is 0.220 e. The first kappa shape index (κ1) is 17.5. The molecule has 1 amide bonds. The highest BCUT2D eigenvalue weighted by Gasteiger charge is 2.20. The molecule has 1 N–H and O–H groups in total. The first-order valence-corrected chi connectivity index (χ1v) is 9.01. The number of amides is 1. The summed E-state index contributed by atoms with van der Waals surface area (Å²) >= 11 is 0. The summed E-state index contributed by atoms with van der Waals surface area (Å²) in [6.07, 6.45) is 5.69. The van der Waals surface area contributed by atoms with Crippen LogP contribution in [0.25, 0.3) is 0 Å². The maximum absolute atomic E-state index is 12.3. The van der Waals surface area contributed by atoms with Gasteiger partial charge in [-0.1, -0.05) is 18.6 Å². The van der Waals surface area contributed by atoms with Gasteiger partial charge in [0.05, 0.1) is 13.2 Å². The van der Waals surface area contributed by atoms with Crippen LogP contribution in [0.4, 0.5) is 0 Å². The van der Waals surface area contributed by atoms with Gasteiger partial charge in [-0.3, -0.25) is 4.79 Å². The van der Waals surface area contributed by atoms with Crippen LogP contribution in [0.5, 0.6) is 5.75 Å². The van der Waals surface area contributed by atoms with Crippen molar-refractivity contribution in [1.82, 2.24) is 20.1 Å². The molecular weight excluding hydrogens is 316 g/mol. The number of hydrogen-bond acceptors (Lipinski definition) is 4. The van der Waals surface area contributed by atoms with E-state index in [1.807, 2.05) is 31.2 Å². The lowest BCUT2D eigenvalue weighted by molar-refractivity contribution is -0.121. The molecule has 1 aliphatic heterocycles. The van der Waals surface area contributed by atoms with Crippen LogP contribution < -0.4 is 10.1 Å². The van der Waals surface area contributed by atoms with Gasteiger partial charge in [-0.05, 0) is 43.9 Å². The predicted molar refractivity (Wildman–Crippen MR) is 95.4 cm³/mol. The number of hydrogen-bond donors (Lipinski definition) is 1. The van der Waals surface area contributed by atoms with E-state index in [4.69, 9.17) is 4.74 Å². The third kappa shape index (κ3) is 4.38. The van der Waals surface area contributed by atoms with E-state index in [9.17, 15) is 4.79 Å². The van der Waals surface area contributed by atoms with Crippen LogP contribution in [-0.2, 0) is 24.2 Å². The molecule has 1 aliphatic rings. The van der Waals surface area contributed by atoms with Crippen LogP contribution in [0.3, 0.4) is 0 Å². The Morgan fingerprint density at radius 1 is 1.24 bits per heavy atom. The summed E-state index contributed by atoms with van der Waals surface area (Å²) in [6, 6.07) is 7.70. The van der Waals surface area contributed by atoms with Crippen LogP contribution in [-0.4, -0.2) is 27.8 Å². The van der Waals surface area contributed by atoms with Gasteiger partial charge >= 0.3 is 0 Å². The second-order valence-electron chi connectivity index (χ2n) is 6.57. The van der Waals surface area contributed by atoms with Crippen molar-refractivity contribution in [2.45, 2.75) is 58.0 Å². The molecule has 0 saturated heterocycles. The molecule has 3 rings (SSSR count). The predicted octanol–water partition coefficient (Wildman–Crippen LogP) is 2.82.